The molecule has 2 rings (SSSR count). The number of esters is 1. The number of hydrogen-bond acceptors (Lipinski definition) is 3. The molecular weight excluding hydrogens is 288 g/mol. The first-order valence-electron chi connectivity index (χ1n) is 7.21. The standard InChI is InChI=1S/C20H18O3/c1-3-14-23-19(17-12-8-5-9-13-17)18(20(21)22-2)15-16-10-6-4-7-11-16/h1,4-13,15,19H,14H2,2H3/b18-15-. The molecule has 0 saturated heterocycles. The Balaban J connectivity index is 2.46. The van der Waals surface area contributed by atoms with E-state index in [1.54, 1.807) is 6.08 Å². The zero-order valence-electron chi connectivity index (χ0n) is 12.9. The van der Waals surface area contributed by atoms with Crippen LogP contribution in [0.25, 0.3) is 6.08 Å². The van der Waals surface area contributed by atoms with Crippen molar-refractivity contribution in [1.82, 2.24) is 0 Å². The van der Waals surface area contributed by atoms with Crippen LogP contribution in [0.5, 0.6) is 0 Å². The molecule has 0 N–H and O–H groups in total. The first kappa shape index (κ1) is 16.5. The third-order valence-electron chi connectivity index (χ3n) is 3.26. The lowest BCUT2D eigenvalue weighted by molar-refractivity contribution is -0.137. The molecule has 0 aliphatic heterocycles. The predicted octanol–water partition coefficient (Wildman–Crippen LogP) is 3.63. The van der Waals surface area contributed by atoms with E-state index in [2.05, 4.69) is 5.92 Å². The highest BCUT2D eigenvalue weighted by Gasteiger charge is 2.24. The topological polar surface area (TPSA) is 35.5 Å². The number of methoxy groups -OCH3 is 1. The number of ether oxygens (including phenoxy) is 2. The molecule has 0 aliphatic carbocycles. The average Bonchev–Trinajstić information content (AvgIpc) is 2.62. The average molecular weight is 306 g/mol. The van der Waals surface area contributed by atoms with Crippen molar-refractivity contribution in [3.8, 4) is 12.3 Å². The van der Waals surface area contributed by atoms with Gasteiger partial charge in [-0.1, -0.05) is 66.6 Å². The zero-order chi connectivity index (χ0) is 16.5. The van der Waals surface area contributed by atoms with Crippen molar-refractivity contribution < 1.29 is 14.3 Å². The Morgan fingerprint density at radius 3 is 2.30 bits per heavy atom. The Morgan fingerprint density at radius 2 is 1.74 bits per heavy atom. The summed E-state index contributed by atoms with van der Waals surface area (Å²) in [5.41, 5.74) is 2.13. The van der Waals surface area contributed by atoms with Crippen molar-refractivity contribution in [2.24, 2.45) is 0 Å². The Labute approximate surface area is 136 Å². The summed E-state index contributed by atoms with van der Waals surface area (Å²) in [6, 6.07) is 19.0. The van der Waals surface area contributed by atoms with E-state index in [9.17, 15) is 4.79 Å². The largest absolute Gasteiger partial charge is 0.466 e. The van der Waals surface area contributed by atoms with Crippen LogP contribution in [-0.2, 0) is 14.3 Å². The van der Waals surface area contributed by atoms with Crippen molar-refractivity contribution in [3.05, 3.63) is 77.4 Å². The fourth-order valence-electron chi connectivity index (χ4n) is 2.21. The predicted molar refractivity (Wildman–Crippen MR) is 90.4 cm³/mol. The van der Waals surface area contributed by atoms with Gasteiger partial charge in [0, 0.05) is 0 Å². The first-order valence-corrected chi connectivity index (χ1v) is 7.21. The second-order valence-corrected chi connectivity index (χ2v) is 4.81. The number of terminal acetylenes is 1. The summed E-state index contributed by atoms with van der Waals surface area (Å²) in [6.45, 7) is 0.0999. The quantitative estimate of drug-likeness (QED) is 0.464. The highest BCUT2D eigenvalue weighted by Crippen LogP contribution is 2.28. The number of hydrogen-bond donors (Lipinski definition) is 0. The molecule has 0 radical (unpaired) electrons. The minimum absolute atomic E-state index is 0.0999. The van der Waals surface area contributed by atoms with E-state index in [0.29, 0.717) is 5.57 Å². The number of carbonyl (C=O) groups excluding carboxylic acids is 1. The van der Waals surface area contributed by atoms with Crippen molar-refractivity contribution in [1.29, 1.82) is 0 Å². The van der Waals surface area contributed by atoms with Gasteiger partial charge in [0.05, 0.1) is 12.7 Å². The van der Waals surface area contributed by atoms with Crippen molar-refractivity contribution in [2.75, 3.05) is 13.7 Å². The lowest BCUT2D eigenvalue weighted by Crippen LogP contribution is -2.16. The molecule has 1 atom stereocenters. The maximum Gasteiger partial charge on any atom is 0.336 e. The van der Waals surface area contributed by atoms with E-state index < -0.39 is 12.1 Å². The third-order valence-corrected chi connectivity index (χ3v) is 3.26. The van der Waals surface area contributed by atoms with E-state index in [-0.39, 0.29) is 6.61 Å². The van der Waals surface area contributed by atoms with Gasteiger partial charge in [0.1, 0.15) is 12.7 Å². The SMILES string of the molecule is C#CCOC(/C(=C/c1ccccc1)C(=O)OC)c1ccccc1. The van der Waals surface area contributed by atoms with Crippen LogP contribution in [-0.4, -0.2) is 19.7 Å². The smallest absolute Gasteiger partial charge is 0.336 e. The fourth-order valence-corrected chi connectivity index (χ4v) is 2.21. The highest BCUT2D eigenvalue weighted by atomic mass is 16.5. The summed E-state index contributed by atoms with van der Waals surface area (Å²) in [4.78, 5) is 12.3. The molecule has 2 aromatic rings. The molecule has 0 amide bonds. The summed E-state index contributed by atoms with van der Waals surface area (Å²) < 4.78 is 10.7. The summed E-state index contributed by atoms with van der Waals surface area (Å²) in [5.74, 6) is 2.00. The Hall–Kier alpha value is -2.83. The van der Waals surface area contributed by atoms with Gasteiger partial charge in [0.15, 0.2) is 0 Å². The lowest BCUT2D eigenvalue weighted by Gasteiger charge is -2.19. The van der Waals surface area contributed by atoms with Crippen LogP contribution in [0.3, 0.4) is 0 Å². The van der Waals surface area contributed by atoms with Gasteiger partial charge in [0.2, 0.25) is 0 Å². The van der Waals surface area contributed by atoms with Gasteiger partial charge in [-0.25, -0.2) is 4.79 Å². The highest BCUT2D eigenvalue weighted by molar-refractivity contribution is 5.95. The number of carbonyl (C=O) groups is 1. The van der Waals surface area contributed by atoms with E-state index in [0.717, 1.165) is 11.1 Å². The van der Waals surface area contributed by atoms with Gasteiger partial charge >= 0.3 is 5.97 Å². The summed E-state index contributed by atoms with van der Waals surface area (Å²) in [7, 11) is 1.35. The molecule has 0 aliphatic rings. The monoisotopic (exact) mass is 306 g/mol. The third kappa shape index (κ3) is 4.57. The molecule has 0 saturated carbocycles. The molecule has 0 bridgehead atoms. The van der Waals surface area contributed by atoms with Crippen LogP contribution >= 0.6 is 0 Å². The zero-order valence-corrected chi connectivity index (χ0v) is 12.9. The molecular formula is C20H18O3. The molecule has 1 unspecified atom stereocenters. The molecule has 3 nitrogen and oxygen atoms in total. The van der Waals surface area contributed by atoms with Gasteiger partial charge in [-0.15, -0.1) is 6.42 Å². The minimum atomic E-state index is -0.583. The summed E-state index contributed by atoms with van der Waals surface area (Å²) >= 11 is 0. The van der Waals surface area contributed by atoms with Crippen LogP contribution in [0, 0.1) is 12.3 Å². The van der Waals surface area contributed by atoms with Gasteiger partial charge < -0.3 is 9.47 Å². The van der Waals surface area contributed by atoms with Gasteiger partial charge in [-0.2, -0.15) is 0 Å². The van der Waals surface area contributed by atoms with Gasteiger partial charge in [-0.05, 0) is 17.2 Å². The molecule has 0 spiro atoms. The van der Waals surface area contributed by atoms with Crippen LogP contribution in [0.2, 0.25) is 0 Å². The van der Waals surface area contributed by atoms with Crippen LogP contribution in [0.1, 0.15) is 17.2 Å². The molecule has 0 aromatic heterocycles. The minimum Gasteiger partial charge on any atom is -0.466 e. The van der Waals surface area contributed by atoms with E-state index in [1.165, 1.54) is 7.11 Å². The Morgan fingerprint density at radius 1 is 1.13 bits per heavy atom. The first-order chi connectivity index (χ1) is 11.3. The Kier molecular flexibility index (Phi) is 6.17. The molecule has 116 valence electrons. The fraction of sp³-hybridized carbons (Fsp3) is 0.150. The van der Waals surface area contributed by atoms with Gasteiger partial charge in [-0.3, -0.25) is 0 Å². The van der Waals surface area contributed by atoms with Crippen LogP contribution < -0.4 is 0 Å². The van der Waals surface area contributed by atoms with Crippen molar-refractivity contribution in [3.63, 3.8) is 0 Å². The van der Waals surface area contributed by atoms with Gasteiger partial charge in [0.25, 0.3) is 0 Å². The normalized spacial score (nSPS) is 12.3. The van der Waals surface area contributed by atoms with E-state index in [1.807, 2.05) is 60.7 Å². The summed E-state index contributed by atoms with van der Waals surface area (Å²) in [5, 5.41) is 0. The van der Waals surface area contributed by atoms with Crippen LogP contribution in [0.4, 0.5) is 0 Å². The summed E-state index contributed by atoms with van der Waals surface area (Å²) in [6.07, 6.45) is 6.49. The number of rotatable bonds is 6. The molecule has 0 heterocycles. The maximum absolute atomic E-state index is 12.3. The molecule has 2 aromatic carbocycles. The lowest BCUT2D eigenvalue weighted by atomic mass is 9.99. The second kappa shape index (κ2) is 8.57. The molecule has 23 heavy (non-hydrogen) atoms. The van der Waals surface area contributed by atoms with Crippen molar-refractivity contribution in [2.45, 2.75) is 6.10 Å². The molecule has 3 heteroatoms. The molecule has 0 fully saturated rings. The number of benzene rings is 2. The maximum atomic E-state index is 12.3. The van der Waals surface area contributed by atoms with Crippen LogP contribution in [0.15, 0.2) is 66.2 Å². The van der Waals surface area contributed by atoms with E-state index in [4.69, 9.17) is 15.9 Å². The second-order valence-electron chi connectivity index (χ2n) is 4.81. The van der Waals surface area contributed by atoms with E-state index >= 15 is 0 Å². The van der Waals surface area contributed by atoms with Crippen molar-refractivity contribution >= 4 is 12.0 Å². The Bertz CT molecular complexity index is 697.